The molecule has 6 heteroatoms. The number of carbonyl (C=O) groups is 1. The van der Waals surface area contributed by atoms with Crippen molar-refractivity contribution in [3.8, 4) is 5.75 Å². The zero-order valence-corrected chi connectivity index (χ0v) is 13.1. The van der Waals surface area contributed by atoms with Gasteiger partial charge in [-0.15, -0.1) is 11.3 Å². The molecule has 2 aromatic rings. The third-order valence-corrected chi connectivity index (χ3v) is 4.26. The minimum Gasteiger partial charge on any atom is -0.481 e. The van der Waals surface area contributed by atoms with Gasteiger partial charge in [-0.1, -0.05) is 35.3 Å². The van der Waals surface area contributed by atoms with E-state index in [2.05, 4.69) is 5.32 Å². The Morgan fingerprint density at radius 1 is 1.30 bits per heavy atom. The Bertz CT molecular complexity index is 567. The van der Waals surface area contributed by atoms with Crippen LogP contribution in [0.3, 0.4) is 0 Å². The van der Waals surface area contributed by atoms with Crippen LogP contribution < -0.4 is 10.1 Å². The Balaban J connectivity index is 1.89. The highest BCUT2D eigenvalue weighted by Gasteiger charge is 2.13. The average Bonchev–Trinajstić information content (AvgIpc) is 2.92. The molecule has 0 saturated heterocycles. The van der Waals surface area contributed by atoms with Crippen LogP contribution in [0.4, 0.5) is 0 Å². The van der Waals surface area contributed by atoms with Crippen molar-refractivity contribution in [3.05, 3.63) is 50.6 Å². The summed E-state index contributed by atoms with van der Waals surface area (Å²) in [6.45, 7) is 1.80. The van der Waals surface area contributed by atoms with E-state index in [0.717, 1.165) is 4.88 Å². The molecule has 1 amide bonds. The van der Waals surface area contributed by atoms with Gasteiger partial charge in [0.05, 0.1) is 16.1 Å². The normalized spacial score (nSPS) is 11.9. The van der Waals surface area contributed by atoms with Crippen molar-refractivity contribution in [1.29, 1.82) is 0 Å². The third-order valence-electron chi connectivity index (χ3n) is 2.61. The van der Waals surface area contributed by atoms with E-state index in [-0.39, 0.29) is 18.6 Å². The molecule has 20 heavy (non-hydrogen) atoms. The molecule has 3 nitrogen and oxygen atoms in total. The molecule has 106 valence electrons. The van der Waals surface area contributed by atoms with Crippen LogP contribution >= 0.6 is 34.5 Å². The molecule has 0 aliphatic carbocycles. The summed E-state index contributed by atoms with van der Waals surface area (Å²) in [5, 5.41) is 5.59. The standard InChI is InChI=1S/C14H13Cl2NO2S/c1-9(12-6-3-7-20-12)17-13(18)8-19-14-10(15)4-2-5-11(14)16/h2-7,9H,8H2,1H3,(H,17,18). The van der Waals surface area contributed by atoms with Gasteiger partial charge in [-0.3, -0.25) is 4.79 Å². The Kier molecular flexibility index (Phi) is 5.29. The molecular weight excluding hydrogens is 317 g/mol. The molecule has 1 atom stereocenters. The number of hydrogen-bond donors (Lipinski definition) is 1. The summed E-state index contributed by atoms with van der Waals surface area (Å²) in [6, 6.07) is 8.91. The first kappa shape index (κ1) is 15.2. The molecule has 2 rings (SSSR count). The van der Waals surface area contributed by atoms with Crippen molar-refractivity contribution in [2.45, 2.75) is 13.0 Å². The Labute approximate surface area is 131 Å². The Hall–Kier alpha value is -1.23. The SMILES string of the molecule is CC(NC(=O)COc1c(Cl)cccc1Cl)c1cccs1. The van der Waals surface area contributed by atoms with E-state index in [4.69, 9.17) is 27.9 Å². The molecule has 1 aromatic heterocycles. The maximum absolute atomic E-state index is 11.8. The Morgan fingerprint density at radius 3 is 2.60 bits per heavy atom. The lowest BCUT2D eigenvalue weighted by Gasteiger charge is -2.13. The van der Waals surface area contributed by atoms with E-state index in [1.807, 2.05) is 24.4 Å². The predicted molar refractivity (Wildman–Crippen MR) is 82.8 cm³/mol. The number of nitrogens with one attached hydrogen (secondary N) is 1. The Morgan fingerprint density at radius 2 is 2.00 bits per heavy atom. The number of hydrogen-bond acceptors (Lipinski definition) is 3. The highest BCUT2D eigenvalue weighted by molar-refractivity contribution is 7.10. The number of benzene rings is 1. The molecule has 1 heterocycles. The lowest BCUT2D eigenvalue weighted by atomic mass is 10.3. The van der Waals surface area contributed by atoms with Crippen LogP contribution in [-0.2, 0) is 4.79 Å². The van der Waals surface area contributed by atoms with Crippen molar-refractivity contribution in [1.82, 2.24) is 5.32 Å². The fourth-order valence-corrected chi connectivity index (χ4v) is 2.89. The molecule has 0 saturated carbocycles. The summed E-state index contributed by atoms with van der Waals surface area (Å²) in [6.07, 6.45) is 0. The molecule has 0 fully saturated rings. The average molecular weight is 330 g/mol. The number of thiophene rings is 1. The van der Waals surface area contributed by atoms with E-state index in [1.165, 1.54) is 0 Å². The molecule has 0 aliphatic rings. The first-order valence-corrected chi connectivity index (χ1v) is 7.61. The molecule has 1 aromatic carbocycles. The van der Waals surface area contributed by atoms with Gasteiger partial charge in [0.2, 0.25) is 0 Å². The fraction of sp³-hybridized carbons (Fsp3) is 0.214. The van der Waals surface area contributed by atoms with Crippen LogP contribution in [0.1, 0.15) is 17.8 Å². The second kappa shape index (κ2) is 6.97. The van der Waals surface area contributed by atoms with Crippen molar-refractivity contribution in [2.24, 2.45) is 0 Å². The van der Waals surface area contributed by atoms with Gasteiger partial charge in [0, 0.05) is 4.88 Å². The van der Waals surface area contributed by atoms with Gasteiger partial charge in [0.15, 0.2) is 12.4 Å². The topological polar surface area (TPSA) is 38.3 Å². The van der Waals surface area contributed by atoms with Crippen LogP contribution in [0.25, 0.3) is 0 Å². The zero-order valence-electron chi connectivity index (χ0n) is 10.7. The highest BCUT2D eigenvalue weighted by atomic mass is 35.5. The quantitative estimate of drug-likeness (QED) is 0.887. The number of ether oxygens (including phenoxy) is 1. The number of rotatable bonds is 5. The van der Waals surface area contributed by atoms with E-state index in [0.29, 0.717) is 15.8 Å². The van der Waals surface area contributed by atoms with Gasteiger partial charge >= 0.3 is 0 Å². The number of amides is 1. The molecule has 0 bridgehead atoms. The van der Waals surface area contributed by atoms with Crippen molar-refractivity contribution < 1.29 is 9.53 Å². The van der Waals surface area contributed by atoms with Crippen LogP contribution in [0.15, 0.2) is 35.7 Å². The maximum Gasteiger partial charge on any atom is 0.258 e. The first-order valence-electron chi connectivity index (χ1n) is 5.97. The monoisotopic (exact) mass is 329 g/mol. The van der Waals surface area contributed by atoms with E-state index in [9.17, 15) is 4.79 Å². The molecule has 0 spiro atoms. The second-order valence-electron chi connectivity index (χ2n) is 4.14. The van der Waals surface area contributed by atoms with Gasteiger partial charge in [-0.2, -0.15) is 0 Å². The zero-order chi connectivity index (χ0) is 14.5. The van der Waals surface area contributed by atoms with Crippen molar-refractivity contribution in [2.75, 3.05) is 6.61 Å². The van der Waals surface area contributed by atoms with Crippen LogP contribution in [0, 0.1) is 0 Å². The lowest BCUT2D eigenvalue weighted by molar-refractivity contribution is -0.123. The summed E-state index contributed by atoms with van der Waals surface area (Å²) in [4.78, 5) is 12.9. The minimum atomic E-state index is -0.220. The van der Waals surface area contributed by atoms with Crippen LogP contribution in [0.2, 0.25) is 10.0 Å². The molecule has 1 N–H and O–H groups in total. The minimum absolute atomic E-state index is 0.0483. The summed E-state index contributed by atoms with van der Waals surface area (Å²) in [5.74, 6) is 0.108. The van der Waals surface area contributed by atoms with Crippen LogP contribution in [-0.4, -0.2) is 12.5 Å². The van der Waals surface area contributed by atoms with E-state index >= 15 is 0 Å². The second-order valence-corrected chi connectivity index (χ2v) is 5.94. The highest BCUT2D eigenvalue weighted by Crippen LogP contribution is 2.32. The first-order chi connectivity index (χ1) is 9.58. The summed E-state index contributed by atoms with van der Waals surface area (Å²) < 4.78 is 5.38. The van der Waals surface area contributed by atoms with E-state index in [1.54, 1.807) is 29.5 Å². The van der Waals surface area contributed by atoms with Crippen molar-refractivity contribution in [3.63, 3.8) is 0 Å². The molecular formula is C14H13Cl2NO2S. The fourth-order valence-electron chi connectivity index (χ4n) is 1.65. The third kappa shape index (κ3) is 3.88. The lowest BCUT2D eigenvalue weighted by Crippen LogP contribution is -2.30. The number of para-hydroxylation sites is 1. The van der Waals surface area contributed by atoms with Gasteiger partial charge < -0.3 is 10.1 Å². The molecule has 1 unspecified atom stereocenters. The molecule has 0 radical (unpaired) electrons. The van der Waals surface area contributed by atoms with Gasteiger partial charge in [-0.25, -0.2) is 0 Å². The molecule has 0 aliphatic heterocycles. The van der Waals surface area contributed by atoms with Crippen LogP contribution in [0.5, 0.6) is 5.75 Å². The number of halogens is 2. The number of carbonyl (C=O) groups excluding carboxylic acids is 1. The predicted octanol–water partition coefficient (Wildman–Crippen LogP) is 4.31. The largest absolute Gasteiger partial charge is 0.481 e. The van der Waals surface area contributed by atoms with Crippen molar-refractivity contribution >= 4 is 40.4 Å². The summed E-state index contributed by atoms with van der Waals surface area (Å²) in [5.41, 5.74) is 0. The van der Waals surface area contributed by atoms with Gasteiger partial charge in [-0.05, 0) is 30.5 Å². The van der Waals surface area contributed by atoms with Gasteiger partial charge in [0.1, 0.15) is 0 Å². The van der Waals surface area contributed by atoms with Gasteiger partial charge in [0.25, 0.3) is 5.91 Å². The summed E-state index contributed by atoms with van der Waals surface area (Å²) >= 11 is 13.5. The maximum atomic E-state index is 11.8. The van der Waals surface area contributed by atoms with E-state index < -0.39 is 0 Å². The smallest absolute Gasteiger partial charge is 0.258 e. The summed E-state index contributed by atoms with van der Waals surface area (Å²) in [7, 11) is 0.